The summed E-state index contributed by atoms with van der Waals surface area (Å²) in [5.41, 5.74) is -0.108. The van der Waals surface area contributed by atoms with E-state index in [9.17, 15) is 4.79 Å². The van der Waals surface area contributed by atoms with Crippen LogP contribution in [-0.4, -0.2) is 24.7 Å². The third-order valence-corrected chi connectivity index (χ3v) is 4.95. The molecule has 0 unspecified atom stereocenters. The molecule has 0 amide bonds. The lowest BCUT2D eigenvalue weighted by Gasteiger charge is -2.08. The topological polar surface area (TPSA) is 74.1 Å². The standard InChI is InChI=1S/C22H39N3O2S/c1-3-4-5-6-7-8-9-10-11-12-13-14-15-16-17-24-22(28)25-19-20(18-23)21(26)27-2/h19H,3-17H2,1-2H3,(H2,24,25,28)/b20-19-. The fourth-order valence-corrected chi connectivity index (χ4v) is 3.12. The van der Waals surface area contributed by atoms with Crippen LogP contribution in [0.1, 0.15) is 96.8 Å². The van der Waals surface area contributed by atoms with Crippen LogP contribution in [0.2, 0.25) is 0 Å². The number of hydrogen-bond donors (Lipinski definition) is 2. The first-order valence-electron chi connectivity index (χ1n) is 10.9. The van der Waals surface area contributed by atoms with Crippen LogP contribution in [0, 0.1) is 11.3 Å². The summed E-state index contributed by atoms with van der Waals surface area (Å²) in [7, 11) is 1.24. The van der Waals surface area contributed by atoms with E-state index in [0.717, 1.165) is 13.0 Å². The predicted octanol–water partition coefficient (Wildman–Crippen LogP) is 5.51. The zero-order valence-corrected chi connectivity index (χ0v) is 18.7. The number of methoxy groups -OCH3 is 1. The van der Waals surface area contributed by atoms with E-state index >= 15 is 0 Å². The van der Waals surface area contributed by atoms with Crippen LogP contribution in [0.25, 0.3) is 0 Å². The Labute approximate surface area is 177 Å². The highest BCUT2D eigenvalue weighted by Gasteiger charge is 2.07. The molecule has 0 aliphatic heterocycles. The van der Waals surface area contributed by atoms with Gasteiger partial charge in [0.15, 0.2) is 10.7 Å². The second-order valence-corrected chi connectivity index (χ2v) is 7.57. The number of esters is 1. The first kappa shape index (κ1) is 26.4. The van der Waals surface area contributed by atoms with Crippen molar-refractivity contribution in [1.82, 2.24) is 10.6 Å². The Morgan fingerprint density at radius 2 is 1.39 bits per heavy atom. The molecule has 160 valence electrons. The molecule has 28 heavy (non-hydrogen) atoms. The van der Waals surface area contributed by atoms with Gasteiger partial charge in [0.25, 0.3) is 0 Å². The number of ether oxygens (including phenoxy) is 1. The van der Waals surface area contributed by atoms with Crippen molar-refractivity contribution in [2.75, 3.05) is 13.7 Å². The second-order valence-electron chi connectivity index (χ2n) is 7.16. The molecule has 2 N–H and O–H groups in total. The van der Waals surface area contributed by atoms with Crippen molar-refractivity contribution < 1.29 is 9.53 Å². The second kappa shape index (κ2) is 20.1. The Kier molecular flexibility index (Phi) is 19.0. The first-order chi connectivity index (χ1) is 13.7. The summed E-state index contributed by atoms with van der Waals surface area (Å²) in [5.74, 6) is -0.676. The minimum absolute atomic E-state index is 0.108. The van der Waals surface area contributed by atoms with Crippen molar-refractivity contribution in [1.29, 1.82) is 5.26 Å². The lowest BCUT2D eigenvalue weighted by Crippen LogP contribution is -2.33. The lowest BCUT2D eigenvalue weighted by atomic mass is 10.0. The molecule has 0 atom stereocenters. The molecule has 0 radical (unpaired) electrons. The van der Waals surface area contributed by atoms with E-state index in [1.165, 1.54) is 96.8 Å². The number of carbonyl (C=O) groups excluding carboxylic acids is 1. The van der Waals surface area contributed by atoms with Gasteiger partial charge in [-0.3, -0.25) is 0 Å². The molecule has 0 aliphatic rings. The number of nitrogens with one attached hydrogen (secondary N) is 2. The molecule has 0 fully saturated rings. The quantitative estimate of drug-likeness (QED) is 0.108. The average molecular weight is 410 g/mol. The first-order valence-corrected chi connectivity index (χ1v) is 11.3. The summed E-state index contributed by atoms with van der Waals surface area (Å²) in [6.07, 6.45) is 20.0. The Hall–Kier alpha value is -1.61. The van der Waals surface area contributed by atoms with Crippen molar-refractivity contribution in [2.45, 2.75) is 96.8 Å². The van der Waals surface area contributed by atoms with Crippen LogP contribution < -0.4 is 10.6 Å². The van der Waals surface area contributed by atoms with Gasteiger partial charge in [0.05, 0.1) is 7.11 Å². The Bertz CT molecular complexity index is 487. The van der Waals surface area contributed by atoms with Crippen molar-refractivity contribution >= 4 is 23.3 Å². The molecule has 0 heterocycles. The highest BCUT2D eigenvalue weighted by Crippen LogP contribution is 2.12. The minimum atomic E-state index is -0.676. The number of unbranched alkanes of at least 4 members (excludes halogenated alkanes) is 13. The monoisotopic (exact) mass is 409 g/mol. The van der Waals surface area contributed by atoms with Crippen LogP contribution in [0.15, 0.2) is 11.8 Å². The molecule has 0 saturated heterocycles. The maximum Gasteiger partial charge on any atom is 0.350 e. The summed E-state index contributed by atoms with van der Waals surface area (Å²) >= 11 is 5.11. The molecule has 0 rings (SSSR count). The molecule has 0 aromatic carbocycles. The van der Waals surface area contributed by atoms with Gasteiger partial charge in [-0.15, -0.1) is 0 Å². The minimum Gasteiger partial charge on any atom is -0.465 e. The van der Waals surface area contributed by atoms with Crippen molar-refractivity contribution in [3.8, 4) is 6.07 Å². The van der Waals surface area contributed by atoms with Gasteiger partial charge in [0, 0.05) is 12.7 Å². The van der Waals surface area contributed by atoms with Crippen LogP contribution in [0.5, 0.6) is 0 Å². The molecule has 0 aliphatic carbocycles. The SMILES string of the molecule is CCCCCCCCCCCCCCCCNC(=S)N/C=C(/C#N)C(=O)OC. The maximum absolute atomic E-state index is 11.2. The number of carbonyl (C=O) groups is 1. The molecule has 0 aromatic rings. The van der Waals surface area contributed by atoms with Crippen molar-refractivity contribution in [3.05, 3.63) is 11.8 Å². The van der Waals surface area contributed by atoms with Crippen molar-refractivity contribution in [3.63, 3.8) is 0 Å². The summed E-state index contributed by atoms with van der Waals surface area (Å²) in [6, 6.07) is 1.77. The van der Waals surface area contributed by atoms with Gasteiger partial charge in [0.2, 0.25) is 0 Å². The van der Waals surface area contributed by atoms with Gasteiger partial charge in [-0.25, -0.2) is 4.79 Å². The van der Waals surface area contributed by atoms with E-state index in [1.807, 2.05) is 0 Å². The van der Waals surface area contributed by atoms with Gasteiger partial charge >= 0.3 is 5.97 Å². The van der Waals surface area contributed by atoms with Crippen LogP contribution in [-0.2, 0) is 9.53 Å². The van der Waals surface area contributed by atoms with Gasteiger partial charge in [-0.1, -0.05) is 90.4 Å². The van der Waals surface area contributed by atoms with Crippen LogP contribution in [0.4, 0.5) is 0 Å². The average Bonchev–Trinajstić information content (AvgIpc) is 2.71. The Balaban J connectivity index is 3.41. The smallest absolute Gasteiger partial charge is 0.350 e. The van der Waals surface area contributed by atoms with Gasteiger partial charge in [-0.2, -0.15) is 5.26 Å². The predicted molar refractivity (Wildman–Crippen MR) is 120 cm³/mol. The summed E-state index contributed by atoms with van der Waals surface area (Å²) in [4.78, 5) is 11.2. The molecule has 5 nitrogen and oxygen atoms in total. The Morgan fingerprint density at radius 3 is 1.82 bits per heavy atom. The number of rotatable bonds is 17. The summed E-state index contributed by atoms with van der Waals surface area (Å²) in [6.45, 7) is 3.06. The third-order valence-electron chi connectivity index (χ3n) is 4.69. The van der Waals surface area contributed by atoms with Gasteiger partial charge in [-0.05, 0) is 18.6 Å². The van der Waals surface area contributed by atoms with Gasteiger partial charge in [0.1, 0.15) is 6.07 Å². The van der Waals surface area contributed by atoms with E-state index in [1.54, 1.807) is 6.07 Å². The number of thiocarbonyl (C=S) groups is 1. The summed E-state index contributed by atoms with van der Waals surface area (Å²) in [5, 5.41) is 15.1. The maximum atomic E-state index is 11.2. The molecular weight excluding hydrogens is 370 g/mol. The number of nitrogens with zero attached hydrogens (tertiary/aromatic N) is 1. The zero-order valence-electron chi connectivity index (χ0n) is 17.9. The highest BCUT2D eigenvalue weighted by molar-refractivity contribution is 7.80. The van der Waals surface area contributed by atoms with E-state index in [4.69, 9.17) is 17.5 Å². The largest absolute Gasteiger partial charge is 0.465 e. The Morgan fingerprint density at radius 1 is 0.929 bits per heavy atom. The highest BCUT2D eigenvalue weighted by atomic mass is 32.1. The van der Waals surface area contributed by atoms with Crippen LogP contribution in [0.3, 0.4) is 0 Å². The van der Waals surface area contributed by atoms with Gasteiger partial charge < -0.3 is 15.4 Å². The summed E-state index contributed by atoms with van der Waals surface area (Å²) < 4.78 is 4.49. The zero-order chi connectivity index (χ0) is 20.9. The van der Waals surface area contributed by atoms with E-state index in [-0.39, 0.29) is 5.57 Å². The molecule has 0 aromatic heterocycles. The van der Waals surface area contributed by atoms with E-state index in [0.29, 0.717) is 5.11 Å². The van der Waals surface area contributed by atoms with Crippen molar-refractivity contribution in [2.24, 2.45) is 0 Å². The van der Waals surface area contributed by atoms with E-state index in [2.05, 4.69) is 22.3 Å². The normalized spacial score (nSPS) is 11.0. The van der Waals surface area contributed by atoms with Crippen LogP contribution >= 0.6 is 12.2 Å². The number of nitriles is 1. The third kappa shape index (κ3) is 16.6. The van der Waals surface area contributed by atoms with E-state index < -0.39 is 5.97 Å². The molecular formula is C22H39N3O2S. The molecule has 0 bridgehead atoms. The fraction of sp³-hybridized carbons (Fsp3) is 0.773. The molecule has 0 spiro atoms. The molecule has 0 saturated carbocycles. The lowest BCUT2D eigenvalue weighted by molar-refractivity contribution is -0.135. The number of hydrogen-bond acceptors (Lipinski definition) is 4. The molecule has 6 heteroatoms. The fourth-order valence-electron chi connectivity index (χ4n) is 2.96.